The van der Waals surface area contributed by atoms with E-state index >= 15 is 0 Å². The molecule has 0 aromatic rings. The normalized spacial score (nSPS) is 11.6. The molecule has 0 rings (SSSR count). The molecule has 0 saturated heterocycles. The zero-order valence-corrected chi connectivity index (χ0v) is 8.83. The summed E-state index contributed by atoms with van der Waals surface area (Å²) < 4.78 is 9.39. The van der Waals surface area contributed by atoms with E-state index in [1.807, 2.05) is 6.92 Å². The maximum atomic E-state index is 11.1. The third kappa shape index (κ3) is 4.07. The van der Waals surface area contributed by atoms with Crippen LogP contribution in [0.5, 0.6) is 0 Å². The van der Waals surface area contributed by atoms with Crippen molar-refractivity contribution in [1.82, 2.24) is 0 Å². The number of rotatable bonds is 5. The van der Waals surface area contributed by atoms with Crippen LogP contribution in [-0.2, 0) is 19.1 Å². The topological polar surface area (TPSA) is 52.6 Å². The zero-order chi connectivity index (χ0) is 11.1. The number of carbonyl (C=O) groups excluding carboxylic acids is 2. The molecule has 0 amide bonds. The summed E-state index contributed by atoms with van der Waals surface area (Å²) in [6.07, 6.45) is 0.392. The fourth-order valence-electron chi connectivity index (χ4n) is 0.848. The molecule has 4 heteroatoms. The first-order valence-electron chi connectivity index (χ1n) is 4.47. The quantitative estimate of drug-likeness (QED) is 0.498. The van der Waals surface area contributed by atoms with Gasteiger partial charge in [-0.2, -0.15) is 0 Å². The van der Waals surface area contributed by atoms with Gasteiger partial charge in [0, 0.05) is 5.57 Å². The van der Waals surface area contributed by atoms with Gasteiger partial charge in [0.05, 0.1) is 7.11 Å². The zero-order valence-electron chi connectivity index (χ0n) is 8.83. The van der Waals surface area contributed by atoms with E-state index in [4.69, 9.17) is 4.74 Å². The van der Waals surface area contributed by atoms with Crippen molar-refractivity contribution in [2.45, 2.75) is 32.8 Å². The van der Waals surface area contributed by atoms with E-state index in [0.717, 1.165) is 6.42 Å². The van der Waals surface area contributed by atoms with Crippen molar-refractivity contribution in [3.8, 4) is 0 Å². The molecule has 1 atom stereocenters. The third-order valence-electron chi connectivity index (χ3n) is 1.61. The number of methoxy groups -OCH3 is 1. The molecule has 0 N–H and O–H groups in total. The predicted molar refractivity (Wildman–Crippen MR) is 51.6 cm³/mol. The second-order valence-electron chi connectivity index (χ2n) is 2.99. The first kappa shape index (κ1) is 12.7. The Kier molecular flexibility index (Phi) is 5.60. The standard InChI is InChI=1S/C10H16O4/c1-5-6-8(10(12)13-4)14-9(11)7(2)3/h8H,2,5-6H2,1,3-4H3. The van der Waals surface area contributed by atoms with Gasteiger partial charge in [-0.15, -0.1) is 0 Å². The Bertz CT molecular complexity index is 232. The number of ether oxygens (including phenoxy) is 2. The molecule has 80 valence electrons. The van der Waals surface area contributed by atoms with Crippen molar-refractivity contribution in [2.75, 3.05) is 7.11 Å². The monoisotopic (exact) mass is 200 g/mol. The van der Waals surface area contributed by atoms with E-state index in [9.17, 15) is 9.59 Å². The smallest absolute Gasteiger partial charge is 0.347 e. The van der Waals surface area contributed by atoms with E-state index in [0.29, 0.717) is 6.42 Å². The van der Waals surface area contributed by atoms with Gasteiger partial charge in [0.25, 0.3) is 0 Å². The maximum absolute atomic E-state index is 11.1. The number of hydrogen-bond donors (Lipinski definition) is 0. The Labute approximate surface area is 83.9 Å². The molecule has 0 aliphatic rings. The van der Waals surface area contributed by atoms with Crippen LogP contribution < -0.4 is 0 Å². The van der Waals surface area contributed by atoms with E-state index in [2.05, 4.69) is 11.3 Å². The summed E-state index contributed by atoms with van der Waals surface area (Å²) in [6, 6.07) is 0. The summed E-state index contributed by atoms with van der Waals surface area (Å²) in [5.74, 6) is -1.09. The minimum atomic E-state index is -0.811. The molecule has 0 aromatic heterocycles. The highest BCUT2D eigenvalue weighted by molar-refractivity contribution is 5.89. The van der Waals surface area contributed by atoms with Crippen molar-refractivity contribution in [2.24, 2.45) is 0 Å². The first-order valence-corrected chi connectivity index (χ1v) is 4.47. The van der Waals surface area contributed by atoms with E-state index in [1.54, 1.807) is 0 Å². The van der Waals surface area contributed by atoms with Crippen LogP contribution in [0, 0.1) is 0 Å². The van der Waals surface area contributed by atoms with Crippen molar-refractivity contribution in [1.29, 1.82) is 0 Å². The van der Waals surface area contributed by atoms with Crippen LogP contribution in [0.15, 0.2) is 12.2 Å². The lowest BCUT2D eigenvalue weighted by Gasteiger charge is -2.14. The molecule has 0 aliphatic carbocycles. The summed E-state index contributed by atoms with van der Waals surface area (Å²) in [4.78, 5) is 22.2. The van der Waals surface area contributed by atoms with Gasteiger partial charge in [0.1, 0.15) is 0 Å². The second-order valence-corrected chi connectivity index (χ2v) is 2.99. The van der Waals surface area contributed by atoms with Crippen LogP contribution in [0.2, 0.25) is 0 Å². The van der Waals surface area contributed by atoms with Gasteiger partial charge in [-0.1, -0.05) is 19.9 Å². The Morgan fingerprint density at radius 2 is 2.00 bits per heavy atom. The molecule has 0 heterocycles. The maximum Gasteiger partial charge on any atom is 0.347 e. The molecule has 0 bridgehead atoms. The Balaban J connectivity index is 4.29. The fraction of sp³-hybridized carbons (Fsp3) is 0.600. The van der Waals surface area contributed by atoms with Gasteiger partial charge in [-0.25, -0.2) is 9.59 Å². The lowest BCUT2D eigenvalue weighted by Crippen LogP contribution is -2.28. The molecule has 14 heavy (non-hydrogen) atoms. The summed E-state index contributed by atoms with van der Waals surface area (Å²) in [6.45, 7) is 6.85. The molecule has 0 saturated carbocycles. The van der Waals surface area contributed by atoms with E-state index in [-0.39, 0.29) is 5.57 Å². The van der Waals surface area contributed by atoms with Crippen LogP contribution in [0.1, 0.15) is 26.7 Å². The highest BCUT2D eigenvalue weighted by Gasteiger charge is 2.22. The fourth-order valence-corrected chi connectivity index (χ4v) is 0.848. The van der Waals surface area contributed by atoms with Gasteiger partial charge >= 0.3 is 11.9 Å². The summed E-state index contributed by atoms with van der Waals surface area (Å²) >= 11 is 0. The van der Waals surface area contributed by atoms with Crippen LogP contribution in [0.25, 0.3) is 0 Å². The molecule has 0 aromatic carbocycles. The van der Waals surface area contributed by atoms with Crippen molar-refractivity contribution >= 4 is 11.9 Å². The van der Waals surface area contributed by atoms with Crippen LogP contribution in [-0.4, -0.2) is 25.2 Å². The van der Waals surface area contributed by atoms with Crippen LogP contribution >= 0.6 is 0 Å². The largest absolute Gasteiger partial charge is 0.466 e. The van der Waals surface area contributed by atoms with Gasteiger partial charge in [0.15, 0.2) is 6.10 Å². The van der Waals surface area contributed by atoms with Gasteiger partial charge in [-0.3, -0.25) is 0 Å². The second kappa shape index (κ2) is 6.18. The van der Waals surface area contributed by atoms with Crippen molar-refractivity contribution in [3.63, 3.8) is 0 Å². The molecule has 0 fully saturated rings. The molecular weight excluding hydrogens is 184 g/mol. The lowest BCUT2D eigenvalue weighted by atomic mass is 10.2. The van der Waals surface area contributed by atoms with Gasteiger partial charge in [-0.05, 0) is 13.3 Å². The molecular formula is C10H16O4. The third-order valence-corrected chi connectivity index (χ3v) is 1.61. The summed E-state index contributed by atoms with van der Waals surface area (Å²) in [5, 5.41) is 0. The van der Waals surface area contributed by atoms with Crippen molar-refractivity contribution in [3.05, 3.63) is 12.2 Å². The Hall–Kier alpha value is -1.32. The molecule has 4 nitrogen and oxygen atoms in total. The predicted octanol–water partition coefficient (Wildman–Crippen LogP) is 1.45. The van der Waals surface area contributed by atoms with Gasteiger partial charge < -0.3 is 9.47 Å². The van der Waals surface area contributed by atoms with E-state index < -0.39 is 18.0 Å². The minimum Gasteiger partial charge on any atom is -0.466 e. The number of esters is 2. The molecule has 0 radical (unpaired) electrons. The molecule has 0 aliphatic heterocycles. The highest BCUT2D eigenvalue weighted by atomic mass is 16.6. The van der Waals surface area contributed by atoms with Crippen molar-refractivity contribution < 1.29 is 19.1 Å². The first-order chi connectivity index (χ1) is 6.52. The number of carbonyl (C=O) groups is 2. The van der Waals surface area contributed by atoms with Crippen LogP contribution in [0.4, 0.5) is 0 Å². The summed E-state index contributed by atoms with van der Waals surface area (Å²) in [5.41, 5.74) is 0.273. The Morgan fingerprint density at radius 3 is 2.36 bits per heavy atom. The van der Waals surface area contributed by atoms with Gasteiger partial charge in [0.2, 0.25) is 0 Å². The lowest BCUT2D eigenvalue weighted by molar-refractivity contribution is -0.164. The SMILES string of the molecule is C=C(C)C(=O)OC(CCC)C(=O)OC. The number of hydrogen-bond acceptors (Lipinski definition) is 4. The average Bonchev–Trinajstić information content (AvgIpc) is 2.15. The molecule has 0 spiro atoms. The minimum absolute atomic E-state index is 0.273. The molecule has 1 unspecified atom stereocenters. The summed E-state index contributed by atoms with van der Waals surface area (Å²) in [7, 11) is 1.26. The average molecular weight is 200 g/mol. The highest BCUT2D eigenvalue weighted by Crippen LogP contribution is 2.07. The van der Waals surface area contributed by atoms with E-state index in [1.165, 1.54) is 14.0 Å². The Morgan fingerprint density at radius 1 is 1.43 bits per heavy atom. The van der Waals surface area contributed by atoms with Crippen LogP contribution in [0.3, 0.4) is 0 Å².